The molecule has 0 aromatic heterocycles. The van der Waals surface area contributed by atoms with Gasteiger partial charge in [0.25, 0.3) is 0 Å². The van der Waals surface area contributed by atoms with Gasteiger partial charge >= 0.3 is 0 Å². The quantitative estimate of drug-likeness (QED) is 0.906. The fourth-order valence-electron chi connectivity index (χ4n) is 2.08. The summed E-state index contributed by atoms with van der Waals surface area (Å²) < 4.78 is 13.9. The van der Waals surface area contributed by atoms with Crippen LogP contribution in [-0.2, 0) is 0 Å². The Hall–Kier alpha value is -1.23. The summed E-state index contributed by atoms with van der Waals surface area (Å²) in [7, 11) is 0. The van der Waals surface area contributed by atoms with Gasteiger partial charge in [-0.25, -0.2) is 4.39 Å². The lowest BCUT2D eigenvalue weighted by Crippen LogP contribution is -2.20. The Kier molecular flexibility index (Phi) is 4.69. The van der Waals surface area contributed by atoms with Gasteiger partial charge in [0, 0.05) is 12.5 Å². The molecule has 0 spiro atoms. The molecule has 19 heavy (non-hydrogen) atoms. The highest BCUT2D eigenvalue weighted by molar-refractivity contribution is 9.10. The molecular weight excluding hydrogens is 309 g/mol. The van der Waals surface area contributed by atoms with Crippen molar-refractivity contribution in [1.82, 2.24) is 0 Å². The van der Waals surface area contributed by atoms with E-state index in [0.29, 0.717) is 16.6 Å². The van der Waals surface area contributed by atoms with Crippen molar-refractivity contribution >= 4 is 15.9 Å². The molecule has 0 aliphatic rings. The summed E-state index contributed by atoms with van der Waals surface area (Å²) in [6.45, 7) is 0.295. The second kappa shape index (κ2) is 6.28. The van der Waals surface area contributed by atoms with Gasteiger partial charge in [0.15, 0.2) is 0 Å². The first-order valence-corrected chi connectivity index (χ1v) is 6.81. The molecule has 4 heteroatoms. The Balaban J connectivity index is 2.30. The van der Waals surface area contributed by atoms with Crippen molar-refractivity contribution in [3.63, 3.8) is 0 Å². The van der Waals surface area contributed by atoms with Crippen LogP contribution in [0.3, 0.4) is 0 Å². The lowest BCUT2D eigenvalue weighted by molar-refractivity contribution is 0.147. The fraction of sp³-hybridized carbons (Fsp3) is 0.200. The van der Waals surface area contributed by atoms with Crippen LogP contribution >= 0.6 is 15.9 Å². The van der Waals surface area contributed by atoms with Gasteiger partial charge in [-0.05, 0) is 39.2 Å². The molecule has 0 fully saturated rings. The monoisotopic (exact) mass is 323 g/mol. The second-order valence-corrected chi connectivity index (χ2v) is 5.23. The molecule has 2 aromatic rings. The predicted octanol–water partition coefficient (Wildman–Crippen LogP) is 3.36. The number of aliphatic hydroxyl groups is 1. The van der Waals surface area contributed by atoms with Crippen molar-refractivity contribution in [3.8, 4) is 0 Å². The van der Waals surface area contributed by atoms with Crippen LogP contribution in [0.1, 0.15) is 23.1 Å². The van der Waals surface area contributed by atoms with Crippen molar-refractivity contribution in [3.05, 3.63) is 69.9 Å². The number of nitrogens with two attached hydrogens (primary N) is 1. The van der Waals surface area contributed by atoms with E-state index in [1.54, 1.807) is 12.1 Å². The van der Waals surface area contributed by atoms with E-state index >= 15 is 0 Å². The molecule has 2 aromatic carbocycles. The van der Waals surface area contributed by atoms with Crippen LogP contribution in [0, 0.1) is 5.82 Å². The van der Waals surface area contributed by atoms with Crippen molar-refractivity contribution in [2.24, 2.45) is 5.73 Å². The van der Waals surface area contributed by atoms with Gasteiger partial charge in [0.05, 0.1) is 10.6 Å². The maximum Gasteiger partial charge on any atom is 0.137 e. The van der Waals surface area contributed by atoms with Crippen molar-refractivity contribution in [2.75, 3.05) is 6.54 Å². The highest BCUT2D eigenvalue weighted by Gasteiger charge is 2.22. The zero-order chi connectivity index (χ0) is 13.8. The molecule has 0 aliphatic heterocycles. The summed E-state index contributed by atoms with van der Waals surface area (Å²) in [5, 5.41) is 10.4. The maximum absolute atomic E-state index is 13.5. The summed E-state index contributed by atoms with van der Waals surface area (Å²) in [5.41, 5.74) is 7.22. The Bertz CT molecular complexity index is 547. The van der Waals surface area contributed by atoms with Crippen LogP contribution in [0.25, 0.3) is 0 Å². The Morgan fingerprint density at radius 3 is 2.37 bits per heavy atom. The SMILES string of the molecule is NCC(c1ccccc1)C(O)c1ccc(Br)c(F)c1. The minimum atomic E-state index is -0.824. The van der Waals surface area contributed by atoms with Gasteiger partial charge in [-0.3, -0.25) is 0 Å². The number of halogens is 2. The molecule has 0 radical (unpaired) electrons. The van der Waals surface area contributed by atoms with E-state index in [4.69, 9.17) is 5.73 Å². The standard InChI is InChI=1S/C15H15BrFNO/c16-13-7-6-11(8-14(13)17)15(19)12(9-18)10-4-2-1-3-5-10/h1-8,12,15,19H,9,18H2. The summed E-state index contributed by atoms with van der Waals surface area (Å²) in [5.74, 6) is -0.637. The largest absolute Gasteiger partial charge is 0.388 e. The van der Waals surface area contributed by atoms with E-state index in [-0.39, 0.29) is 11.7 Å². The van der Waals surface area contributed by atoms with Crippen LogP contribution in [0.4, 0.5) is 4.39 Å². The fourth-order valence-corrected chi connectivity index (χ4v) is 2.32. The Morgan fingerprint density at radius 2 is 1.79 bits per heavy atom. The molecule has 0 saturated carbocycles. The summed E-state index contributed by atoms with van der Waals surface area (Å²) in [6.07, 6.45) is -0.824. The van der Waals surface area contributed by atoms with Gasteiger partial charge in [-0.1, -0.05) is 36.4 Å². The molecule has 0 bridgehead atoms. The zero-order valence-corrected chi connectivity index (χ0v) is 11.8. The number of rotatable bonds is 4. The highest BCUT2D eigenvalue weighted by Crippen LogP contribution is 2.31. The molecule has 0 amide bonds. The first kappa shape index (κ1) is 14.2. The molecule has 2 rings (SSSR count). The van der Waals surface area contributed by atoms with Crippen LogP contribution in [-0.4, -0.2) is 11.7 Å². The van der Waals surface area contributed by atoms with Gasteiger partial charge in [-0.15, -0.1) is 0 Å². The average Bonchev–Trinajstić information content (AvgIpc) is 2.44. The number of aliphatic hydroxyl groups excluding tert-OH is 1. The second-order valence-electron chi connectivity index (χ2n) is 4.37. The Labute approximate surface area is 120 Å². The number of hydrogen-bond acceptors (Lipinski definition) is 2. The van der Waals surface area contributed by atoms with E-state index in [1.165, 1.54) is 6.07 Å². The van der Waals surface area contributed by atoms with Crippen LogP contribution in [0.5, 0.6) is 0 Å². The molecule has 2 unspecified atom stereocenters. The first-order chi connectivity index (χ1) is 9.13. The molecule has 0 aliphatic carbocycles. The summed E-state index contributed by atoms with van der Waals surface area (Å²) in [6, 6.07) is 14.1. The lowest BCUT2D eigenvalue weighted by Gasteiger charge is -2.22. The normalized spacial score (nSPS) is 14.1. The van der Waals surface area contributed by atoms with E-state index in [9.17, 15) is 9.50 Å². The molecule has 2 atom stereocenters. The molecule has 0 heterocycles. The predicted molar refractivity (Wildman–Crippen MR) is 77.3 cm³/mol. The van der Waals surface area contributed by atoms with Crippen molar-refractivity contribution in [1.29, 1.82) is 0 Å². The molecule has 2 nitrogen and oxygen atoms in total. The average molecular weight is 324 g/mol. The Morgan fingerprint density at radius 1 is 1.11 bits per heavy atom. The van der Waals surface area contributed by atoms with E-state index in [2.05, 4.69) is 15.9 Å². The molecular formula is C15H15BrFNO. The van der Waals surface area contributed by atoms with Gasteiger partial charge in [-0.2, -0.15) is 0 Å². The number of hydrogen-bond donors (Lipinski definition) is 2. The van der Waals surface area contributed by atoms with Crippen LogP contribution in [0.15, 0.2) is 53.0 Å². The maximum atomic E-state index is 13.5. The zero-order valence-electron chi connectivity index (χ0n) is 10.3. The van der Waals surface area contributed by atoms with E-state index < -0.39 is 6.10 Å². The first-order valence-electron chi connectivity index (χ1n) is 6.01. The highest BCUT2D eigenvalue weighted by atomic mass is 79.9. The molecule has 0 saturated heterocycles. The third-order valence-corrected chi connectivity index (χ3v) is 3.79. The van der Waals surface area contributed by atoms with Gasteiger partial charge < -0.3 is 10.8 Å². The summed E-state index contributed by atoms with van der Waals surface area (Å²) >= 11 is 3.10. The van der Waals surface area contributed by atoms with E-state index in [0.717, 1.165) is 5.56 Å². The van der Waals surface area contributed by atoms with Gasteiger partial charge in [0.1, 0.15) is 5.82 Å². The summed E-state index contributed by atoms with van der Waals surface area (Å²) in [4.78, 5) is 0. The molecule has 100 valence electrons. The smallest absolute Gasteiger partial charge is 0.137 e. The lowest BCUT2D eigenvalue weighted by atomic mass is 9.89. The minimum absolute atomic E-state index is 0.248. The third kappa shape index (κ3) is 3.21. The minimum Gasteiger partial charge on any atom is -0.388 e. The molecule has 3 N–H and O–H groups in total. The van der Waals surface area contributed by atoms with Crippen molar-refractivity contribution in [2.45, 2.75) is 12.0 Å². The van der Waals surface area contributed by atoms with Gasteiger partial charge in [0.2, 0.25) is 0 Å². The van der Waals surface area contributed by atoms with Crippen LogP contribution < -0.4 is 5.73 Å². The van der Waals surface area contributed by atoms with Crippen molar-refractivity contribution < 1.29 is 9.50 Å². The van der Waals surface area contributed by atoms with Crippen LogP contribution in [0.2, 0.25) is 0 Å². The topological polar surface area (TPSA) is 46.2 Å². The third-order valence-electron chi connectivity index (χ3n) is 3.15. The number of benzene rings is 2. The van der Waals surface area contributed by atoms with E-state index in [1.807, 2.05) is 30.3 Å².